The molecule has 0 fully saturated rings. The van der Waals surface area contributed by atoms with Gasteiger partial charge in [0.15, 0.2) is 0 Å². The molecule has 0 amide bonds. The van der Waals surface area contributed by atoms with Crippen LogP contribution in [0.5, 0.6) is 0 Å². The summed E-state index contributed by atoms with van der Waals surface area (Å²) >= 11 is 5.78. The molecule has 1 unspecified atom stereocenters. The van der Waals surface area contributed by atoms with Crippen LogP contribution in [0.15, 0.2) is 42.5 Å². The van der Waals surface area contributed by atoms with Crippen LogP contribution in [0.25, 0.3) is 0 Å². The van der Waals surface area contributed by atoms with Gasteiger partial charge >= 0.3 is 0 Å². The Morgan fingerprint density at radius 1 is 1.10 bits per heavy atom. The van der Waals surface area contributed by atoms with E-state index in [0.29, 0.717) is 0 Å². The fraction of sp³-hybridized carbons (Fsp3) is 0.250. The second kappa shape index (κ2) is 6.14. The van der Waals surface area contributed by atoms with Crippen molar-refractivity contribution in [3.05, 3.63) is 58.9 Å². The highest BCUT2D eigenvalue weighted by Crippen LogP contribution is 2.24. The summed E-state index contributed by atoms with van der Waals surface area (Å²) in [6.45, 7) is 2.06. The molecule has 1 N–H and O–H groups in total. The molecule has 2 nitrogen and oxygen atoms in total. The van der Waals surface area contributed by atoms with Gasteiger partial charge in [0, 0.05) is 31.5 Å². The standard InChI is InChI=1S/C16H18ClFN2/c1-11(12-4-7-14(8-5-12)20(2)3)19-13-6-9-16(18)15(17)10-13/h4-11,19H,1-3H3. The lowest BCUT2D eigenvalue weighted by atomic mass is 10.1. The molecule has 0 aliphatic carbocycles. The molecule has 0 saturated heterocycles. The fourth-order valence-electron chi connectivity index (χ4n) is 1.98. The van der Waals surface area contributed by atoms with Gasteiger partial charge in [0.1, 0.15) is 5.82 Å². The van der Waals surface area contributed by atoms with Crippen LogP contribution in [-0.2, 0) is 0 Å². The Bertz CT molecular complexity index is 582. The maximum atomic E-state index is 13.1. The topological polar surface area (TPSA) is 15.3 Å². The van der Waals surface area contributed by atoms with Gasteiger partial charge in [-0.2, -0.15) is 0 Å². The van der Waals surface area contributed by atoms with Crippen LogP contribution in [0.2, 0.25) is 5.02 Å². The van der Waals surface area contributed by atoms with Crippen molar-refractivity contribution in [2.75, 3.05) is 24.3 Å². The third-order valence-corrected chi connectivity index (χ3v) is 3.50. The van der Waals surface area contributed by atoms with Gasteiger partial charge in [-0.1, -0.05) is 23.7 Å². The van der Waals surface area contributed by atoms with E-state index in [-0.39, 0.29) is 11.1 Å². The van der Waals surface area contributed by atoms with E-state index in [1.807, 2.05) is 14.1 Å². The normalized spacial score (nSPS) is 12.1. The van der Waals surface area contributed by atoms with Crippen LogP contribution in [0.4, 0.5) is 15.8 Å². The third kappa shape index (κ3) is 3.42. The van der Waals surface area contributed by atoms with Crippen molar-refractivity contribution in [3.63, 3.8) is 0 Å². The van der Waals surface area contributed by atoms with Crippen molar-refractivity contribution >= 4 is 23.0 Å². The van der Waals surface area contributed by atoms with Crippen LogP contribution in [0.3, 0.4) is 0 Å². The van der Waals surface area contributed by atoms with Crippen molar-refractivity contribution in [1.29, 1.82) is 0 Å². The van der Waals surface area contributed by atoms with Crippen LogP contribution in [0, 0.1) is 5.82 Å². The summed E-state index contributed by atoms with van der Waals surface area (Å²) in [5.41, 5.74) is 3.13. The van der Waals surface area contributed by atoms with Gasteiger partial charge in [-0.05, 0) is 42.8 Å². The van der Waals surface area contributed by atoms with Crippen molar-refractivity contribution in [2.45, 2.75) is 13.0 Å². The van der Waals surface area contributed by atoms with E-state index in [0.717, 1.165) is 16.9 Å². The molecule has 0 heterocycles. The summed E-state index contributed by atoms with van der Waals surface area (Å²) in [4.78, 5) is 2.06. The zero-order valence-electron chi connectivity index (χ0n) is 11.8. The van der Waals surface area contributed by atoms with Crippen molar-refractivity contribution < 1.29 is 4.39 Å². The van der Waals surface area contributed by atoms with E-state index in [2.05, 4.69) is 41.4 Å². The number of hydrogen-bond donors (Lipinski definition) is 1. The Hall–Kier alpha value is -1.74. The molecule has 20 heavy (non-hydrogen) atoms. The summed E-state index contributed by atoms with van der Waals surface area (Å²) in [5, 5.41) is 3.44. The average molecular weight is 293 g/mol. The number of benzene rings is 2. The Kier molecular flexibility index (Phi) is 4.50. The molecule has 0 aromatic heterocycles. The molecule has 0 spiro atoms. The predicted octanol–water partition coefficient (Wildman–Crippen LogP) is 4.72. The Morgan fingerprint density at radius 3 is 2.30 bits per heavy atom. The number of nitrogens with one attached hydrogen (secondary N) is 1. The van der Waals surface area contributed by atoms with E-state index in [1.54, 1.807) is 12.1 Å². The van der Waals surface area contributed by atoms with Crippen LogP contribution in [0.1, 0.15) is 18.5 Å². The number of halogens is 2. The Morgan fingerprint density at radius 2 is 1.75 bits per heavy atom. The molecule has 4 heteroatoms. The summed E-state index contributed by atoms with van der Waals surface area (Å²) in [6, 6.07) is 13.1. The molecule has 2 aromatic rings. The van der Waals surface area contributed by atoms with Crippen molar-refractivity contribution in [3.8, 4) is 0 Å². The van der Waals surface area contributed by atoms with Gasteiger partial charge < -0.3 is 10.2 Å². The minimum absolute atomic E-state index is 0.118. The van der Waals surface area contributed by atoms with Gasteiger partial charge in [-0.15, -0.1) is 0 Å². The van der Waals surface area contributed by atoms with E-state index < -0.39 is 5.82 Å². The molecular formula is C16H18ClFN2. The first-order valence-corrected chi connectivity index (χ1v) is 6.84. The van der Waals surface area contributed by atoms with Crippen molar-refractivity contribution in [2.24, 2.45) is 0 Å². The van der Waals surface area contributed by atoms with Crippen molar-refractivity contribution in [1.82, 2.24) is 0 Å². The van der Waals surface area contributed by atoms with Gasteiger partial charge in [0.2, 0.25) is 0 Å². The summed E-state index contributed by atoms with van der Waals surface area (Å²) in [7, 11) is 4.02. The number of hydrogen-bond acceptors (Lipinski definition) is 2. The molecule has 0 bridgehead atoms. The molecule has 0 radical (unpaired) electrons. The number of rotatable bonds is 4. The average Bonchev–Trinajstić information content (AvgIpc) is 2.43. The van der Waals surface area contributed by atoms with Gasteiger partial charge in [0.05, 0.1) is 5.02 Å². The molecule has 2 rings (SSSR count). The molecule has 2 aromatic carbocycles. The highest BCUT2D eigenvalue weighted by molar-refractivity contribution is 6.31. The molecule has 0 saturated carbocycles. The predicted molar refractivity (Wildman–Crippen MR) is 84.2 cm³/mol. The van der Waals surface area contributed by atoms with E-state index in [4.69, 9.17) is 11.6 Å². The molecule has 1 atom stereocenters. The quantitative estimate of drug-likeness (QED) is 0.877. The monoisotopic (exact) mass is 292 g/mol. The lowest BCUT2D eigenvalue weighted by Gasteiger charge is -2.18. The molecule has 106 valence electrons. The van der Waals surface area contributed by atoms with Crippen LogP contribution < -0.4 is 10.2 Å². The second-order valence-corrected chi connectivity index (χ2v) is 5.39. The molecular weight excluding hydrogens is 275 g/mol. The first-order valence-electron chi connectivity index (χ1n) is 6.46. The van der Waals surface area contributed by atoms with Gasteiger partial charge in [0.25, 0.3) is 0 Å². The first-order chi connectivity index (χ1) is 9.47. The zero-order valence-corrected chi connectivity index (χ0v) is 12.6. The largest absolute Gasteiger partial charge is 0.378 e. The number of anilines is 2. The highest BCUT2D eigenvalue weighted by Gasteiger charge is 2.07. The first kappa shape index (κ1) is 14.7. The van der Waals surface area contributed by atoms with Gasteiger partial charge in [-0.25, -0.2) is 4.39 Å². The van der Waals surface area contributed by atoms with Crippen LogP contribution >= 0.6 is 11.6 Å². The number of nitrogens with zero attached hydrogens (tertiary/aromatic N) is 1. The zero-order chi connectivity index (χ0) is 14.7. The highest BCUT2D eigenvalue weighted by atomic mass is 35.5. The third-order valence-electron chi connectivity index (χ3n) is 3.21. The fourth-order valence-corrected chi connectivity index (χ4v) is 2.16. The Balaban J connectivity index is 2.10. The lowest BCUT2D eigenvalue weighted by molar-refractivity contribution is 0.628. The second-order valence-electron chi connectivity index (χ2n) is 4.98. The lowest BCUT2D eigenvalue weighted by Crippen LogP contribution is -2.10. The SMILES string of the molecule is CC(Nc1ccc(F)c(Cl)c1)c1ccc(N(C)C)cc1. The minimum atomic E-state index is -0.403. The van der Waals surface area contributed by atoms with E-state index in [9.17, 15) is 4.39 Å². The van der Waals surface area contributed by atoms with E-state index >= 15 is 0 Å². The van der Waals surface area contributed by atoms with Crippen LogP contribution in [-0.4, -0.2) is 14.1 Å². The molecule has 0 aliphatic heterocycles. The molecule has 0 aliphatic rings. The van der Waals surface area contributed by atoms with E-state index in [1.165, 1.54) is 6.07 Å². The maximum Gasteiger partial charge on any atom is 0.141 e. The Labute approximate surface area is 124 Å². The van der Waals surface area contributed by atoms with Gasteiger partial charge in [-0.3, -0.25) is 0 Å². The maximum absolute atomic E-state index is 13.1. The smallest absolute Gasteiger partial charge is 0.141 e. The summed E-state index contributed by atoms with van der Waals surface area (Å²) in [6.07, 6.45) is 0. The minimum Gasteiger partial charge on any atom is -0.378 e. The summed E-state index contributed by atoms with van der Waals surface area (Å²) < 4.78 is 13.1. The summed E-state index contributed by atoms with van der Waals surface area (Å²) in [5.74, 6) is -0.403.